The van der Waals surface area contributed by atoms with Gasteiger partial charge in [0.1, 0.15) is 0 Å². The molecule has 5 nitrogen and oxygen atoms in total. The molecule has 118 valence electrons. The second-order valence-corrected chi connectivity index (χ2v) is 7.43. The van der Waals surface area contributed by atoms with Gasteiger partial charge >= 0.3 is 0 Å². The van der Waals surface area contributed by atoms with E-state index in [9.17, 15) is 8.42 Å². The fraction of sp³-hybridized carbons (Fsp3) is 0.235. The van der Waals surface area contributed by atoms with Gasteiger partial charge in [-0.3, -0.25) is 0 Å². The van der Waals surface area contributed by atoms with Crippen molar-refractivity contribution in [3.63, 3.8) is 0 Å². The Bertz CT molecular complexity index is 811. The molecule has 1 aliphatic rings. The smallest absolute Gasteiger partial charge is 0.243 e. The molecule has 0 bridgehead atoms. The number of sulfonamides is 1. The molecule has 0 aliphatic carbocycles. The molecule has 0 spiro atoms. The van der Waals surface area contributed by atoms with Gasteiger partial charge in [-0.05, 0) is 42.8 Å². The van der Waals surface area contributed by atoms with Crippen molar-refractivity contribution in [2.45, 2.75) is 17.4 Å². The molecule has 23 heavy (non-hydrogen) atoms. The van der Waals surface area contributed by atoms with Crippen LogP contribution >= 0.6 is 0 Å². The second kappa shape index (κ2) is 6.41. The lowest BCUT2D eigenvalue weighted by Gasteiger charge is -2.17. The lowest BCUT2D eigenvalue weighted by atomic mass is 10.2. The molecule has 0 aromatic heterocycles. The Morgan fingerprint density at radius 1 is 1.09 bits per heavy atom. The molecule has 0 unspecified atom stereocenters. The minimum Gasteiger partial charge on any atom is -0.381 e. The molecule has 1 aliphatic heterocycles. The summed E-state index contributed by atoms with van der Waals surface area (Å²) in [4.78, 5) is 0.233. The summed E-state index contributed by atoms with van der Waals surface area (Å²) >= 11 is 0. The Morgan fingerprint density at radius 3 is 2.43 bits per heavy atom. The third kappa shape index (κ3) is 3.36. The Hall–Kier alpha value is -2.36. The summed E-state index contributed by atoms with van der Waals surface area (Å²) in [6.07, 6.45) is 0.768. The normalized spacial score (nSPS) is 18.5. The topological polar surface area (TPSA) is 73.2 Å². The van der Waals surface area contributed by atoms with Crippen LogP contribution in [0.25, 0.3) is 0 Å². The first-order valence-electron chi connectivity index (χ1n) is 7.41. The van der Waals surface area contributed by atoms with E-state index in [4.69, 9.17) is 5.26 Å². The van der Waals surface area contributed by atoms with E-state index in [1.165, 1.54) is 28.6 Å². The van der Waals surface area contributed by atoms with Crippen molar-refractivity contribution in [2.24, 2.45) is 0 Å². The highest BCUT2D eigenvalue weighted by atomic mass is 32.2. The summed E-state index contributed by atoms with van der Waals surface area (Å²) in [6.45, 7) is 0.935. The van der Waals surface area contributed by atoms with Crippen molar-refractivity contribution in [3.05, 3.63) is 60.2 Å². The van der Waals surface area contributed by atoms with Crippen molar-refractivity contribution in [2.75, 3.05) is 18.4 Å². The molecule has 1 atom stereocenters. The average Bonchev–Trinajstić information content (AvgIpc) is 3.05. The van der Waals surface area contributed by atoms with Crippen LogP contribution in [0.3, 0.4) is 0 Å². The minimum atomic E-state index is -3.50. The predicted molar refractivity (Wildman–Crippen MR) is 88.4 cm³/mol. The van der Waals surface area contributed by atoms with Gasteiger partial charge in [-0.25, -0.2) is 8.42 Å². The molecule has 0 saturated carbocycles. The predicted octanol–water partition coefficient (Wildman–Crippen LogP) is 2.43. The number of para-hydroxylation sites is 1. The Balaban J connectivity index is 1.71. The van der Waals surface area contributed by atoms with Crippen LogP contribution in [0.5, 0.6) is 0 Å². The molecule has 1 N–H and O–H groups in total. The first kappa shape index (κ1) is 15.5. The van der Waals surface area contributed by atoms with Gasteiger partial charge in [-0.2, -0.15) is 9.57 Å². The highest BCUT2D eigenvalue weighted by molar-refractivity contribution is 7.89. The van der Waals surface area contributed by atoms with Crippen LogP contribution in [-0.2, 0) is 10.0 Å². The van der Waals surface area contributed by atoms with Crippen molar-refractivity contribution < 1.29 is 8.42 Å². The molecular formula is C17H17N3O2S. The summed E-state index contributed by atoms with van der Waals surface area (Å²) in [7, 11) is -3.50. The maximum Gasteiger partial charge on any atom is 0.243 e. The van der Waals surface area contributed by atoms with E-state index in [-0.39, 0.29) is 10.9 Å². The summed E-state index contributed by atoms with van der Waals surface area (Å²) in [6, 6.07) is 17.9. The van der Waals surface area contributed by atoms with E-state index in [1.807, 2.05) is 36.4 Å². The molecule has 1 fully saturated rings. The molecule has 6 heteroatoms. The number of nitrogens with zero attached hydrogens (tertiary/aromatic N) is 2. The van der Waals surface area contributed by atoms with Gasteiger partial charge < -0.3 is 5.32 Å². The third-order valence-corrected chi connectivity index (χ3v) is 5.80. The molecule has 2 aromatic rings. The molecule has 3 rings (SSSR count). The number of hydrogen-bond donors (Lipinski definition) is 1. The fourth-order valence-corrected chi connectivity index (χ4v) is 4.19. The number of hydrogen-bond acceptors (Lipinski definition) is 4. The molecule has 0 amide bonds. The molecule has 2 aromatic carbocycles. The van der Waals surface area contributed by atoms with Crippen molar-refractivity contribution >= 4 is 15.7 Å². The number of anilines is 1. The van der Waals surface area contributed by atoms with Gasteiger partial charge in [0.05, 0.1) is 16.5 Å². The van der Waals surface area contributed by atoms with E-state index in [0.717, 1.165) is 12.1 Å². The largest absolute Gasteiger partial charge is 0.381 e. The van der Waals surface area contributed by atoms with Crippen molar-refractivity contribution in [1.82, 2.24) is 4.31 Å². The van der Waals surface area contributed by atoms with Crippen molar-refractivity contribution in [3.8, 4) is 6.07 Å². The lowest BCUT2D eigenvalue weighted by molar-refractivity contribution is 0.474. The number of nitriles is 1. The maximum absolute atomic E-state index is 12.6. The third-order valence-electron chi connectivity index (χ3n) is 3.92. The molecule has 1 heterocycles. The summed E-state index contributed by atoms with van der Waals surface area (Å²) in [5.41, 5.74) is 1.45. The van der Waals surface area contributed by atoms with Crippen LogP contribution in [-0.4, -0.2) is 31.9 Å². The van der Waals surface area contributed by atoms with E-state index in [1.54, 1.807) is 0 Å². The molecule has 1 saturated heterocycles. The first-order valence-corrected chi connectivity index (χ1v) is 8.85. The zero-order valence-corrected chi connectivity index (χ0v) is 13.3. The van der Waals surface area contributed by atoms with Gasteiger partial charge in [0.2, 0.25) is 10.0 Å². The highest BCUT2D eigenvalue weighted by Gasteiger charge is 2.32. The summed E-state index contributed by atoms with van der Waals surface area (Å²) in [5, 5.41) is 12.2. The molecular weight excluding hydrogens is 310 g/mol. The van der Waals surface area contributed by atoms with Crippen LogP contribution in [0.1, 0.15) is 12.0 Å². The van der Waals surface area contributed by atoms with Crippen LogP contribution < -0.4 is 5.32 Å². The fourth-order valence-electron chi connectivity index (χ4n) is 2.68. The highest BCUT2D eigenvalue weighted by Crippen LogP contribution is 2.23. The van der Waals surface area contributed by atoms with E-state index < -0.39 is 10.0 Å². The van der Waals surface area contributed by atoms with Gasteiger partial charge in [0.15, 0.2) is 0 Å². The minimum absolute atomic E-state index is 0.102. The Labute approximate surface area is 136 Å². The standard InChI is InChI=1S/C17H17N3O2S/c18-12-14-6-8-17(9-7-14)23(21,22)20-11-10-16(13-20)19-15-4-2-1-3-5-15/h1-9,16,19H,10-11,13H2/t16-/m0/s1. The molecule has 0 radical (unpaired) electrons. The lowest BCUT2D eigenvalue weighted by Crippen LogP contribution is -2.31. The van der Waals surface area contributed by atoms with Gasteiger partial charge in [0.25, 0.3) is 0 Å². The summed E-state index contributed by atoms with van der Waals surface area (Å²) in [5.74, 6) is 0. The maximum atomic E-state index is 12.6. The number of rotatable bonds is 4. The zero-order chi connectivity index (χ0) is 16.3. The summed E-state index contributed by atoms with van der Waals surface area (Å²) < 4.78 is 26.8. The SMILES string of the molecule is N#Cc1ccc(S(=O)(=O)N2CC[C@H](Nc3ccccc3)C2)cc1. The van der Waals surface area contributed by atoms with Gasteiger partial charge in [-0.1, -0.05) is 18.2 Å². The quantitative estimate of drug-likeness (QED) is 0.936. The van der Waals surface area contributed by atoms with Crippen molar-refractivity contribution in [1.29, 1.82) is 5.26 Å². The Kier molecular flexibility index (Phi) is 4.33. The van der Waals surface area contributed by atoms with E-state index >= 15 is 0 Å². The van der Waals surface area contributed by atoms with Crippen LogP contribution in [0, 0.1) is 11.3 Å². The number of nitrogens with one attached hydrogen (secondary N) is 1. The van der Waals surface area contributed by atoms with Gasteiger partial charge in [-0.15, -0.1) is 0 Å². The number of benzene rings is 2. The first-order chi connectivity index (χ1) is 11.1. The average molecular weight is 327 g/mol. The van der Waals surface area contributed by atoms with Gasteiger partial charge in [0, 0.05) is 24.8 Å². The zero-order valence-electron chi connectivity index (χ0n) is 12.5. The Morgan fingerprint density at radius 2 is 1.78 bits per heavy atom. The second-order valence-electron chi connectivity index (χ2n) is 5.50. The van der Waals surface area contributed by atoms with Crippen LogP contribution in [0.15, 0.2) is 59.5 Å². The monoisotopic (exact) mass is 327 g/mol. The van der Waals surface area contributed by atoms with Crippen LogP contribution in [0.4, 0.5) is 5.69 Å². The van der Waals surface area contributed by atoms with E-state index in [0.29, 0.717) is 18.7 Å². The van der Waals surface area contributed by atoms with E-state index in [2.05, 4.69) is 5.32 Å². The van der Waals surface area contributed by atoms with Crippen LogP contribution in [0.2, 0.25) is 0 Å².